The van der Waals surface area contributed by atoms with Gasteiger partial charge in [0.1, 0.15) is 6.04 Å². The van der Waals surface area contributed by atoms with Crippen LogP contribution in [0, 0.1) is 11.8 Å². The Morgan fingerprint density at radius 3 is 2.28 bits per heavy atom. The van der Waals surface area contributed by atoms with E-state index in [2.05, 4.69) is 18.7 Å². The smallest absolute Gasteiger partial charge is 0.325 e. The Bertz CT molecular complexity index is 394. The van der Waals surface area contributed by atoms with Gasteiger partial charge in [-0.2, -0.15) is 0 Å². The SMILES string of the molecule is CC1CC(C)CN(C(C(=O)O)c2ccccc2)C1. The molecule has 3 unspecified atom stereocenters. The van der Waals surface area contributed by atoms with Gasteiger partial charge in [0.2, 0.25) is 0 Å². The van der Waals surface area contributed by atoms with Crippen molar-refractivity contribution in [2.24, 2.45) is 11.8 Å². The van der Waals surface area contributed by atoms with Gasteiger partial charge in [-0.25, -0.2) is 0 Å². The molecular weight excluding hydrogens is 226 g/mol. The predicted octanol–water partition coefficient (Wildman–Crippen LogP) is 2.79. The van der Waals surface area contributed by atoms with Gasteiger partial charge < -0.3 is 5.11 Å². The lowest BCUT2D eigenvalue weighted by Gasteiger charge is -2.38. The van der Waals surface area contributed by atoms with Gasteiger partial charge in [0, 0.05) is 13.1 Å². The lowest BCUT2D eigenvalue weighted by molar-refractivity contribution is -0.144. The fraction of sp³-hybridized carbons (Fsp3) is 0.533. The maximum absolute atomic E-state index is 11.6. The number of hydrogen-bond donors (Lipinski definition) is 1. The molecule has 1 aliphatic heterocycles. The minimum absolute atomic E-state index is 0.503. The Morgan fingerprint density at radius 1 is 1.22 bits per heavy atom. The monoisotopic (exact) mass is 247 g/mol. The molecule has 1 aromatic carbocycles. The van der Waals surface area contributed by atoms with Crippen molar-refractivity contribution < 1.29 is 9.90 Å². The topological polar surface area (TPSA) is 40.5 Å². The molecule has 18 heavy (non-hydrogen) atoms. The van der Waals surface area contributed by atoms with Crippen LogP contribution < -0.4 is 0 Å². The average Bonchev–Trinajstić information content (AvgIpc) is 2.28. The molecule has 0 aromatic heterocycles. The molecule has 3 atom stereocenters. The molecule has 0 bridgehead atoms. The normalized spacial score (nSPS) is 26.8. The number of carboxylic acids is 1. The Hall–Kier alpha value is -1.35. The van der Waals surface area contributed by atoms with Crippen LogP contribution in [-0.2, 0) is 4.79 Å². The molecule has 1 fully saturated rings. The van der Waals surface area contributed by atoms with E-state index in [4.69, 9.17) is 0 Å². The maximum Gasteiger partial charge on any atom is 0.325 e. The molecule has 0 saturated carbocycles. The second kappa shape index (κ2) is 5.53. The Labute approximate surface area is 108 Å². The summed E-state index contributed by atoms with van der Waals surface area (Å²) >= 11 is 0. The largest absolute Gasteiger partial charge is 0.480 e. The summed E-state index contributed by atoms with van der Waals surface area (Å²) in [4.78, 5) is 13.7. The number of hydrogen-bond acceptors (Lipinski definition) is 2. The number of benzene rings is 1. The molecule has 2 rings (SSSR count). The van der Waals surface area contributed by atoms with Gasteiger partial charge in [0.05, 0.1) is 0 Å². The number of nitrogens with zero attached hydrogens (tertiary/aromatic N) is 1. The quantitative estimate of drug-likeness (QED) is 0.893. The van der Waals surface area contributed by atoms with Crippen LogP contribution in [0.2, 0.25) is 0 Å². The average molecular weight is 247 g/mol. The first kappa shape index (κ1) is 13.1. The predicted molar refractivity (Wildman–Crippen MR) is 71.3 cm³/mol. The van der Waals surface area contributed by atoms with Crippen LogP contribution >= 0.6 is 0 Å². The second-order valence-corrected chi connectivity index (χ2v) is 5.55. The Morgan fingerprint density at radius 2 is 1.78 bits per heavy atom. The molecule has 1 heterocycles. The van der Waals surface area contributed by atoms with Gasteiger partial charge in [-0.1, -0.05) is 44.2 Å². The molecule has 1 N–H and O–H groups in total. The highest BCUT2D eigenvalue weighted by Crippen LogP contribution is 2.29. The maximum atomic E-state index is 11.6. The van der Waals surface area contributed by atoms with E-state index in [9.17, 15) is 9.90 Å². The number of rotatable bonds is 3. The molecule has 0 aliphatic carbocycles. The van der Waals surface area contributed by atoms with Crippen LogP contribution in [-0.4, -0.2) is 29.1 Å². The molecular formula is C15H21NO2. The van der Waals surface area contributed by atoms with E-state index in [1.54, 1.807) is 0 Å². The van der Waals surface area contributed by atoms with E-state index in [0.29, 0.717) is 11.8 Å². The summed E-state index contributed by atoms with van der Waals surface area (Å²) in [5, 5.41) is 9.51. The molecule has 0 radical (unpaired) electrons. The standard InChI is InChI=1S/C15H21NO2/c1-11-8-12(2)10-16(9-11)14(15(17)18)13-6-4-3-5-7-13/h3-7,11-12,14H,8-10H2,1-2H3,(H,17,18). The van der Waals surface area contributed by atoms with Gasteiger partial charge >= 0.3 is 5.97 Å². The minimum Gasteiger partial charge on any atom is -0.480 e. The van der Waals surface area contributed by atoms with Crippen LogP contribution in [0.3, 0.4) is 0 Å². The van der Waals surface area contributed by atoms with Crippen LogP contribution in [0.1, 0.15) is 31.9 Å². The van der Waals surface area contributed by atoms with Crippen molar-refractivity contribution in [1.29, 1.82) is 0 Å². The summed E-state index contributed by atoms with van der Waals surface area (Å²) in [6.07, 6.45) is 1.19. The molecule has 3 heteroatoms. The van der Waals surface area contributed by atoms with E-state index in [1.807, 2.05) is 30.3 Å². The van der Waals surface area contributed by atoms with E-state index < -0.39 is 12.0 Å². The minimum atomic E-state index is -0.748. The summed E-state index contributed by atoms with van der Waals surface area (Å²) in [5.74, 6) is 0.390. The Kier molecular flexibility index (Phi) is 4.02. The summed E-state index contributed by atoms with van der Waals surface area (Å²) in [5.41, 5.74) is 0.881. The van der Waals surface area contributed by atoms with Crippen molar-refractivity contribution in [2.45, 2.75) is 26.3 Å². The molecule has 0 spiro atoms. The van der Waals surface area contributed by atoms with Crippen molar-refractivity contribution in [3.8, 4) is 0 Å². The zero-order chi connectivity index (χ0) is 13.1. The van der Waals surface area contributed by atoms with E-state index in [-0.39, 0.29) is 0 Å². The third-order valence-corrected chi connectivity index (χ3v) is 3.61. The van der Waals surface area contributed by atoms with Crippen molar-refractivity contribution in [2.75, 3.05) is 13.1 Å². The fourth-order valence-electron chi connectivity index (χ4n) is 3.07. The van der Waals surface area contributed by atoms with Crippen molar-refractivity contribution >= 4 is 5.97 Å². The van der Waals surface area contributed by atoms with Gasteiger partial charge in [0.15, 0.2) is 0 Å². The van der Waals surface area contributed by atoms with Crippen molar-refractivity contribution in [1.82, 2.24) is 4.90 Å². The highest BCUT2D eigenvalue weighted by atomic mass is 16.4. The number of piperidine rings is 1. The summed E-state index contributed by atoms with van der Waals surface area (Å²) in [7, 11) is 0. The van der Waals surface area contributed by atoms with E-state index in [0.717, 1.165) is 18.7 Å². The summed E-state index contributed by atoms with van der Waals surface area (Å²) in [6, 6.07) is 9.04. The molecule has 1 aliphatic rings. The molecule has 98 valence electrons. The zero-order valence-electron chi connectivity index (χ0n) is 11.0. The third kappa shape index (κ3) is 2.91. The molecule has 0 amide bonds. The van der Waals surface area contributed by atoms with E-state index >= 15 is 0 Å². The number of carboxylic acid groups (broad SMARTS) is 1. The number of carbonyl (C=O) groups is 1. The van der Waals surface area contributed by atoms with Gasteiger partial charge in [-0.05, 0) is 23.8 Å². The van der Waals surface area contributed by atoms with Crippen molar-refractivity contribution in [3.05, 3.63) is 35.9 Å². The lowest BCUT2D eigenvalue weighted by Crippen LogP contribution is -2.43. The zero-order valence-corrected chi connectivity index (χ0v) is 11.0. The molecule has 1 aromatic rings. The first-order valence-electron chi connectivity index (χ1n) is 6.59. The highest BCUT2D eigenvalue weighted by molar-refractivity contribution is 5.75. The van der Waals surface area contributed by atoms with Gasteiger partial charge in [-0.3, -0.25) is 9.69 Å². The third-order valence-electron chi connectivity index (χ3n) is 3.61. The number of likely N-dealkylation sites (tertiary alicyclic amines) is 1. The summed E-state index contributed by atoms with van der Waals surface area (Å²) < 4.78 is 0. The molecule has 1 saturated heterocycles. The molecule has 3 nitrogen and oxygen atoms in total. The van der Waals surface area contributed by atoms with Crippen LogP contribution in [0.15, 0.2) is 30.3 Å². The van der Waals surface area contributed by atoms with Crippen LogP contribution in [0.25, 0.3) is 0 Å². The Balaban J connectivity index is 2.23. The van der Waals surface area contributed by atoms with Crippen LogP contribution in [0.5, 0.6) is 0 Å². The second-order valence-electron chi connectivity index (χ2n) is 5.55. The van der Waals surface area contributed by atoms with Gasteiger partial charge in [0.25, 0.3) is 0 Å². The van der Waals surface area contributed by atoms with E-state index in [1.165, 1.54) is 6.42 Å². The first-order chi connectivity index (χ1) is 8.58. The van der Waals surface area contributed by atoms with Crippen molar-refractivity contribution in [3.63, 3.8) is 0 Å². The summed E-state index contributed by atoms with van der Waals surface area (Å²) in [6.45, 7) is 6.14. The highest BCUT2D eigenvalue weighted by Gasteiger charge is 2.32. The number of aliphatic carboxylic acids is 1. The van der Waals surface area contributed by atoms with Gasteiger partial charge in [-0.15, -0.1) is 0 Å². The fourth-order valence-corrected chi connectivity index (χ4v) is 3.07. The first-order valence-corrected chi connectivity index (χ1v) is 6.59. The lowest BCUT2D eigenvalue weighted by atomic mass is 9.90. The van der Waals surface area contributed by atoms with Crippen LogP contribution in [0.4, 0.5) is 0 Å².